The molecule has 2 aromatic heterocycles. The minimum absolute atomic E-state index is 0.127. The highest BCUT2D eigenvalue weighted by Crippen LogP contribution is 2.20. The van der Waals surface area contributed by atoms with Gasteiger partial charge in [-0.2, -0.15) is 0 Å². The van der Waals surface area contributed by atoms with E-state index in [2.05, 4.69) is 15.3 Å². The molecule has 0 saturated heterocycles. The Morgan fingerprint density at radius 2 is 1.94 bits per heavy atom. The number of carbonyl (C=O) groups excluding carboxylic acids is 1. The van der Waals surface area contributed by atoms with Crippen LogP contribution in [0.2, 0.25) is 5.02 Å². The Labute approximate surface area is 184 Å². The molecule has 0 aliphatic rings. The van der Waals surface area contributed by atoms with Gasteiger partial charge in [-0.05, 0) is 48.0 Å². The molecular formula is C23H21ClN4O3. The summed E-state index contributed by atoms with van der Waals surface area (Å²) in [5.74, 6) is 1.72. The van der Waals surface area contributed by atoms with Crippen molar-refractivity contribution in [3.63, 3.8) is 0 Å². The molecule has 0 aliphatic carbocycles. The second-order valence-corrected chi connectivity index (χ2v) is 7.27. The van der Waals surface area contributed by atoms with E-state index in [4.69, 9.17) is 21.1 Å². The van der Waals surface area contributed by atoms with Gasteiger partial charge in [0.25, 0.3) is 0 Å². The lowest BCUT2D eigenvalue weighted by atomic mass is 10.2. The first-order chi connectivity index (χ1) is 15.1. The molecule has 0 atom stereocenters. The minimum Gasteiger partial charge on any atom is -0.486 e. The van der Waals surface area contributed by atoms with Crippen molar-refractivity contribution >= 4 is 28.5 Å². The van der Waals surface area contributed by atoms with Crippen LogP contribution >= 0.6 is 11.6 Å². The fourth-order valence-corrected chi connectivity index (χ4v) is 3.29. The van der Waals surface area contributed by atoms with E-state index in [1.165, 1.54) is 0 Å². The number of halogens is 1. The number of nitrogens with one attached hydrogen (secondary N) is 1. The first-order valence-electron chi connectivity index (χ1n) is 9.70. The molecule has 7 nitrogen and oxygen atoms in total. The van der Waals surface area contributed by atoms with Crippen LogP contribution in [0.25, 0.3) is 11.0 Å². The second-order valence-electron chi connectivity index (χ2n) is 6.83. The maximum atomic E-state index is 12.7. The normalized spacial score (nSPS) is 10.8. The van der Waals surface area contributed by atoms with E-state index >= 15 is 0 Å². The van der Waals surface area contributed by atoms with Gasteiger partial charge >= 0.3 is 0 Å². The summed E-state index contributed by atoms with van der Waals surface area (Å²) in [6.07, 6.45) is 1.65. The smallest absolute Gasteiger partial charge is 0.240 e. The van der Waals surface area contributed by atoms with Crippen LogP contribution in [0, 0.1) is 0 Å². The lowest BCUT2D eigenvalue weighted by molar-refractivity contribution is -0.121. The molecule has 4 rings (SSSR count). The van der Waals surface area contributed by atoms with Crippen molar-refractivity contribution in [3.05, 3.63) is 83.3 Å². The highest BCUT2D eigenvalue weighted by molar-refractivity contribution is 6.30. The molecular weight excluding hydrogens is 416 g/mol. The zero-order valence-electron chi connectivity index (χ0n) is 16.9. The molecule has 31 heavy (non-hydrogen) atoms. The highest BCUT2D eigenvalue weighted by atomic mass is 35.5. The number of nitrogens with zero attached hydrogens (tertiary/aromatic N) is 3. The van der Waals surface area contributed by atoms with Gasteiger partial charge in [0.1, 0.15) is 24.7 Å². The maximum Gasteiger partial charge on any atom is 0.240 e. The van der Waals surface area contributed by atoms with Crippen LogP contribution in [-0.4, -0.2) is 27.6 Å². The number of carbonyl (C=O) groups is 1. The molecule has 2 aromatic carbocycles. The van der Waals surface area contributed by atoms with Crippen LogP contribution in [0.1, 0.15) is 11.4 Å². The van der Waals surface area contributed by atoms with Crippen LogP contribution in [0.4, 0.5) is 0 Å². The molecule has 0 spiro atoms. The summed E-state index contributed by atoms with van der Waals surface area (Å²) in [5.41, 5.74) is 2.59. The predicted octanol–water partition coefficient (Wildman–Crippen LogP) is 3.99. The van der Waals surface area contributed by atoms with Crippen molar-refractivity contribution in [1.82, 2.24) is 19.9 Å². The van der Waals surface area contributed by atoms with E-state index < -0.39 is 0 Å². The lowest BCUT2D eigenvalue weighted by Gasteiger charge is -2.11. The van der Waals surface area contributed by atoms with Crippen LogP contribution in [0.15, 0.2) is 66.9 Å². The lowest BCUT2D eigenvalue weighted by Crippen LogP contribution is -2.28. The van der Waals surface area contributed by atoms with Gasteiger partial charge < -0.3 is 19.4 Å². The summed E-state index contributed by atoms with van der Waals surface area (Å²) in [6.45, 7) is 0.730. The summed E-state index contributed by atoms with van der Waals surface area (Å²) in [6, 6.07) is 18.4. The number of methoxy groups -OCH3 is 1. The number of hydrogen-bond donors (Lipinski definition) is 1. The third-order valence-electron chi connectivity index (χ3n) is 4.71. The molecule has 0 aliphatic heterocycles. The van der Waals surface area contributed by atoms with E-state index in [-0.39, 0.29) is 19.1 Å². The van der Waals surface area contributed by atoms with Gasteiger partial charge in [-0.3, -0.25) is 4.79 Å². The monoisotopic (exact) mass is 436 g/mol. The van der Waals surface area contributed by atoms with Crippen LogP contribution in [0.5, 0.6) is 11.6 Å². The third-order valence-corrected chi connectivity index (χ3v) is 4.97. The largest absolute Gasteiger partial charge is 0.486 e. The maximum absolute atomic E-state index is 12.7. The first kappa shape index (κ1) is 20.7. The van der Waals surface area contributed by atoms with E-state index in [1.807, 2.05) is 34.9 Å². The highest BCUT2D eigenvalue weighted by Gasteiger charge is 2.14. The number of pyridine rings is 1. The summed E-state index contributed by atoms with van der Waals surface area (Å²) in [7, 11) is 1.56. The van der Waals surface area contributed by atoms with Crippen LogP contribution < -0.4 is 14.8 Å². The zero-order valence-corrected chi connectivity index (χ0v) is 17.7. The summed E-state index contributed by atoms with van der Waals surface area (Å²) >= 11 is 5.93. The summed E-state index contributed by atoms with van der Waals surface area (Å²) < 4.78 is 12.9. The fraction of sp³-hybridized carbons (Fsp3) is 0.174. The zero-order chi connectivity index (χ0) is 21.6. The molecule has 1 N–H and O–H groups in total. The SMILES string of the molecule is COc1cc(CNC(=O)Cn2c(COc3ccc(Cl)cc3)nc3ccccc32)ccn1. The Balaban J connectivity index is 1.48. The van der Waals surface area contributed by atoms with E-state index in [0.717, 1.165) is 16.6 Å². The number of amides is 1. The number of hydrogen-bond acceptors (Lipinski definition) is 5. The Hall–Kier alpha value is -3.58. The molecule has 0 unspecified atom stereocenters. The summed E-state index contributed by atoms with van der Waals surface area (Å²) in [5, 5.41) is 3.58. The van der Waals surface area contributed by atoms with Crippen molar-refractivity contribution in [2.24, 2.45) is 0 Å². The Morgan fingerprint density at radius 1 is 1.13 bits per heavy atom. The van der Waals surface area contributed by atoms with Crippen molar-refractivity contribution in [2.75, 3.05) is 7.11 Å². The van der Waals surface area contributed by atoms with Gasteiger partial charge in [-0.15, -0.1) is 0 Å². The first-order valence-corrected chi connectivity index (χ1v) is 10.1. The number of rotatable bonds is 8. The van der Waals surface area contributed by atoms with Crippen LogP contribution in [0.3, 0.4) is 0 Å². The fourth-order valence-electron chi connectivity index (χ4n) is 3.16. The Kier molecular flexibility index (Phi) is 6.33. The van der Waals surface area contributed by atoms with Gasteiger partial charge in [-0.25, -0.2) is 9.97 Å². The average Bonchev–Trinajstić information content (AvgIpc) is 3.15. The van der Waals surface area contributed by atoms with Gasteiger partial charge in [0.15, 0.2) is 0 Å². The van der Waals surface area contributed by atoms with Gasteiger partial charge in [0.05, 0.1) is 18.1 Å². The molecule has 0 radical (unpaired) electrons. The quantitative estimate of drug-likeness (QED) is 0.452. The number of fused-ring (bicyclic) bond motifs is 1. The minimum atomic E-state index is -0.133. The Morgan fingerprint density at radius 3 is 2.74 bits per heavy atom. The predicted molar refractivity (Wildman–Crippen MR) is 118 cm³/mol. The summed E-state index contributed by atoms with van der Waals surface area (Å²) in [4.78, 5) is 21.4. The number of ether oxygens (including phenoxy) is 2. The van der Waals surface area contributed by atoms with Crippen molar-refractivity contribution in [3.8, 4) is 11.6 Å². The van der Waals surface area contributed by atoms with Gasteiger partial charge in [0, 0.05) is 23.8 Å². The molecule has 4 aromatic rings. The molecule has 0 fully saturated rings. The van der Waals surface area contributed by atoms with Crippen LogP contribution in [-0.2, 0) is 24.5 Å². The standard InChI is InChI=1S/C23H21ClN4O3/c1-30-23-12-16(10-11-25-23)13-26-22(29)14-28-20-5-3-2-4-19(20)27-21(28)15-31-18-8-6-17(24)7-9-18/h2-12H,13-15H2,1H3,(H,26,29). The molecule has 158 valence electrons. The van der Waals surface area contributed by atoms with Crippen molar-refractivity contribution in [2.45, 2.75) is 19.7 Å². The number of para-hydroxylation sites is 2. The van der Waals surface area contributed by atoms with E-state index in [9.17, 15) is 4.79 Å². The Bertz CT molecular complexity index is 1190. The number of benzene rings is 2. The topological polar surface area (TPSA) is 78.3 Å². The van der Waals surface area contributed by atoms with E-state index in [1.54, 1.807) is 43.6 Å². The molecule has 1 amide bonds. The van der Waals surface area contributed by atoms with E-state index in [0.29, 0.717) is 29.0 Å². The van der Waals surface area contributed by atoms with Crippen molar-refractivity contribution < 1.29 is 14.3 Å². The second kappa shape index (κ2) is 9.49. The van der Waals surface area contributed by atoms with Gasteiger partial charge in [-0.1, -0.05) is 23.7 Å². The van der Waals surface area contributed by atoms with Gasteiger partial charge in [0.2, 0.25) is 11.8 Å². The number of aromatic nitrogens is 3. The molecule has 0 bridgehead atoms. The average molecular weight is 437 g/mol. The van der Waals surface area contributed by atoms with Crippen molar-refractivity contribution in [1.29, 1.82) is 0 Å². The molecule has 2 heterocycles. The molecule has 8 heteroatoms. The number of imidazole rings is 1. The molecule has 0 saturated carbocycles. The third kappa shape index (κ3) is 5.13.